The van der Waals surface area contributed by atoms with Gasteiger partial charge in [-0.15, -0.1) is 22.7 Å². The molecule has 0 fully saturated rings. The number of hydrogen-bond donors (Lipinski definition) is 0. The standard InChI is InChI=1S/C17H16N2O2S2/c20-17(21-13-14-4-1-7-18-10-14)19(11-15-5-2-8-22-15)12-16-6-3-9-23-16/h1-10H,11-13H2. The van der Waals surface area contributed by atoms with Crippen molar-refractivity contribution in [3.63, 3.8) is 0 Å². The minimum Gasteiger partial charge on any atom is -0.444 e. The van der Waals surface area contributed by atoms with Crippen LogP contribution in [-0.4, -0.2) is 16.0 Å². The Labute approximate surface area is 143 Å². The van der Waals surface area contributed by atoms with Gasteiger partial charge in [0, 0.05) is 27.7 Å². The Morgan fingerprint density at radius 2 is 1.74 bits per heavy atom. The maximum absolute atomic E-state index is 12.5. The summed E-state index contributed by atoms with van der Waals surface area (Å²) in [5.41, 5.74) is 0.882. The highest BCUT2D eigenvalue weighted by molar-refractivity contribution is 7.10. The first-order valence-electron chi connectivity index (χ1n) is 7.16. The highest BCUT2D eigenvalue weighted by atomic mass is 32.1. The van der Waals surface area contributed by atoms with Crippen molar-refractivity contribution >= 4 is 28.8 Å². The molecule has 0 saturated carbocycles. The predicted molar refractivity (Wildman–Crippen MR) is 92.3 cm³/mol. The Kier molecular flexibility index (Phi) is 5.39. The summed E-state index contributed by atoms with van der Waals surface area (Å²) in [7, 11) is 0. The first-order valence-corrected chi connectivity index (χ1v) is 8.92. The molecule has 3 rings (SSSR count). The van der Waals surface area contributed by atoms with E-state index in [1.165, 1.54) is 0 Å². The fourth-order valence-electron chi connectivity index (χ4n) is 2.09. The second-order valence-electron chi connectivity index (χ2n) is 4.93. The fourth-order valence-corrected chi connectivity index (χ4v) is 3.53. The molecule has 118 valence electrons. The van der Waals surface area contributed by atoms with E-state index in [4.69, 9.17) is 4.74 Å². The molecule has 0 bridgehead atoms. The molecule has 3 aromatic rings. The quantitative estimate of drug-likeness (QED) is 0.659. The molecule has 0 aliphatic carbocycles. The lowest BCUT2D eigenvalue weighted by Gasteiger charge is -2.21. The number of aromatic nitrogens is 1. The van der Waals surface area contributed by atoms with E-state index >= 15 is 0 Å². The molecule has 0 unspecified atom stereocenters. The SMILES string of the molecule is O=C(OCc1cccnc1)N(Cc1cccs1)Cc1cccs1. The summed E-state index contributed by atoms with van der Waals surface area (Å²) in [5, 5.41) is 4.03. The van der Waals surface area contributed by atoms with Gasteiger partial charge in [-0.05, 0) is 29.0 Å². The number of pyridine rings is 1. The van der Waals surface area contributed by atoms with Crippen molar-refractivity contribution in [1.82, 2.24) is 9.88 Å². The van der Waals surface area contributed by atoms with Crippen LogP contribution in [0.2, 0.25) is 0 Å². The van der Waals surface area contributed by atoms with Crippen LogP contribution in [0.4, 0.5) is 4.79 Å². The minimum atomic E-state index is -0.310. The molecule has 4 nitrogen and oxygen atoms in total. The topological polar surface area (TPSA) is 42.4 Å². The van der Waals surface area contributed by atoms with Crippen LogP contribution in [0.25, 0.3) is 0 Å². The molecule has 1 amide bonds. The molecular weight excluding hydrogens is 328 g/mol. The van der Waals surface area contributed by atoms with Crippen molar-refractivity contribution in [2.45, 2.75) is 19.7 Å². The van der Waals surface area contributed by atoms with Crippen LogP contribution in [0.1, 0.15) is 15.3 Å². The Morgan fingerprint density at radius 3 is 2.26 bits per heavy atom. The number of thiophene rings is 2. The van der Waals surface area contributed by atoms with Gasteiger partial charge in [-0.3, -0.25) is 9.88 Å². The molecule has 3 aromatic heterocycles. The van der Waals surface area contributed by atoms with Gasteiger partial charge in [0.1, 0.15) is 6.61 Å². The zero-order valence-corrected chi connectivity index (χ0v) is 14.1. The van der Waals surface area contributed by atoms with E-state index in [-0.39, 0.29) is 12.7 Å². The summed E-state index contributed by atoms with van der Waals surface area (Å²) in [6.45, 7) is 1.35. The van der Waals surface area contributed by atoms with E-state index in [2.05, 4.69) is 4.98 Å². The third kappa shape index (κ3) is 4.64. The molecule has 0 aromatic carbocycles. The van der Waals surface area contributed by atoms with E-state index in [0.29, 0.717) is 13.1 Å². The molecule has 0 spiro atoms. The molecule has 0 atom stereocenters. The first kappa shape index (κ1) is 15.7. The van der Waals surface area contributed by atoms with Gasteiger partial charge in [0.25, 0.3) is 0 Å². The largest absolute Gasteiger partial charge is 0.444 e. The smallest absolute Gasteiger partial charge is 0.410 e. The molecule has 0 radical (unpaired) electrons. The zero-order valence-electron chi connectivity index (χ0n) is 12.4. The van der Waals surface area contributed by atoms with Crippen LogP contribution in [0, 0.1) is 0 Å². The third-order valence-corrected chi connectivity index (χ3v) is 4.92. The lowest BCUT2D eigenvalue weighted by molar-refractivity contribution is 0.0917. The van der Waals surface area contributed by atoms with Gasteiger partial charge in [0.2, 0.25) is 0 Å². The summed E-state index contributed by atoms with van der Waals surface area (Å²) in [5.74, 6) is 0. The van der Waals surface area contributed by atoms with Crippen molar-refractivity contribution in [1.29, 1.82) is 0 Å². The van der Waals surface area contributed by atoms with E-state index in [1.54, 1.807) is 40.0 Å². The van der Waals surface area contributed by atoms with Gasteiger partial charge in [-0.25, -0.2) is 4.79 Å². The molecular formula is C17H16N2O2S2. The summed E-state index contributed by atoms with van der Waals surface area (Å²) < 4.78 is 5.44. The number of hydrogen-bond acceptors (Lipinski definition) is 5. The Balaban J connectivity index is 1.65. The van der Waals surface area contributed by atoms with Crippen molar-refractivity contribution in [3.8, 4) is 0 Å². The summed E-state index contributed by atoms with van der Waals surface area (Å²) in [4.78, 5) is 20.5. The Morgan fingerprint density at radius 1 is 1.04 bits per heavy atom. The summed E-state index contributed by atoms with van der Waals surface area (Å²) in [6, 6.07) is 11.8. The van der Waals surface area contributed by atoms with E-state index in [0.717, 1.165) is 15.3 Å². The van der Waals surface area contributed by atoms with Crippen LogP contribution >= 0.6 is 22.7 Å². The van der Waals surface area contributed by atoms with E-state index in [9.17, 15) is 4.79 Å². The lowest BCUT2D eigenvalue weighted by Crippen LogP contribution is -2.30. The lowest BCUT2D eigenvalue weighted by atomic mass is 10.3. The fraction of sp³-hybridized carbons (Fsp3) is 0.176. The number of rotatable bonds is 6. The van der Waals surface area contributed by atoms with E-state index < -0.39 is 0 Å². The maximum Gasteiger partial charge on any atom is 0.410 e. The Hall–Kier alpha value is -2.18. The molecule has 23 heavy (non-hydrogen) atoms. The van der Waals surface area contributed by atoms with Gasteiger partial charge in [0.15, 0.2) is 0 Å². The average Bonchev–Trinajstić information content (AvgIpc) is 3.27. The third-order valence-electron chi connectivity index (χ3n) is 3.20. The van der Waals surface area contributed by atoms with Gasteiger partial charge in [-0.2, -0.15) is 0 Å². The van der Waals surface area contributed by atoms with Gasteiger partial charge >= 0.3 is 6.09 Å². The van der Waals surface area contributed by atoms with E-state index in [1.807, 2.05) is 47.2 Å². The minimum absolute atomic E-state index is 0.234. The van der Waals surface area contributed by atoms with Gasteiger partial charge in [0.05, 0.1) is 13.1 Å². The molecule has 6 heteroatoms. The highest BCUT2D eigenvalue weighted by Crippen LogP contribution is 2.18. The molecule has 0 aliphatic heterocycles. The highest BCUT2D eigenvalue weighted by Gasteiger charge is 2.17. The normalized spacial score (nSPS) is 10.4. The van der Waals surface area contributed by atoms with Crippen molar-refractivity contribution < 1.29 is 9.53 Å². The number of amides is 1. The number of ether oxygens (including phenoxy) is 1. The number of carbonyl (C=O) groups excluding carboxylic acids is 1. The zero-order chi connectivity index (χ0) is 15.9. The van der Waals surface area contributed by atoms with Crippen LogP contribution in [-0.2, 0) is 24.4 Å². The molecule has 0 aliphatic rings. The van der Waals surface area contributed by atoms with Crippen LogP contribution in [0.3, 0.4) is 0 Å². The van der Waals surface area contributed by atoms with Crippen LogP contribution < -0.4 is 0 Å². The predicted octanol–water partition coefficient (Wildman–Crippen LogP) is 4.54. The van der Waals surface area contributed by atoms with Crippen LogP contribution in [0.5, 0.6) is 0 Å². The molecule has 0 saturated heterocycles. The number of nitrogens with zero attached hydrogens (tertiary/aromatic N) is 2. The van der Waals surface area contributed by atoms with Crippen molar-refractivity contribution in [2.75, 3.05) is 0 Å². The summed E-state index contributed by atoms with van der Waals surface area (Å²) >= 11 is 3.28. The summed E-state index contributed by atoms with van der Waals surface area (Å²) in [6.07, 6.45) is 3.09. The van der Waals surface area contributed by atoms with Crippen molar-refractivity contribution in [3.05, 3.63) is 74.9 Å². The first-order chi connectivity index (χ1) is 11.3. The molecule has 0 N–H and O–H groups in total. The second kappa shape index (κ2) is 7.89. The van der Waals surface area contributed by atoms with Crippen LogP contribution in [0.15, 0.2) is 59.6 Å². The van der Waals surface area contributed by atoms with Crippen molar-refractivity contribution in [2.24, 2.45) is 0 Å². The average molecular weight is 344 g/mol. The van der Waals surface area contributed by atoms with Gasteiger partial charge in [-0.1, -0.05) is 18.2 Å². The maximum atomic E-state index is 12.5. The van der Waals surface area contributed by atoms with Gasteiger partial charge < -0.3 is 4.74 Å². The Bertz CT molecular complexity index is 676. The second-order valence-corrected chi connectivity index (χ2v) is 7.00. The monoisotopic (exact) mass is 344 g/mol. The number of carbonyl (C=O) groups is 1. The molecule has 3 heterocycles.